The maximum Gasteiger partial charge on any atom is 0.312 e. The zero-order valence-electron chi connectivity index (χ0n) is 12.9. The summed E-state index contributed by atoms with van der Waals surface area (Å²) in [6.07, 6.45) is 2.53. The molecule has 1 fully saturated rings. The maximum absolute atomic E-state index is 13.9. The summed E-state index contributed by atoms with van der Waals surface area (Å²) in [5, 5.41) is 3.12. The number of nitrogens with zero attached hydrogens (tertiary/aromatic N) is 4. The van der Waals surface area contributed by atoms with Crippen LogP contribution >= 0.6 is 0 Å². The summed E-state index contributed by atoms with van der Waals surface area (Å²) < 4.78 is 21.3. The van der Waals surface area contributed by atoms with Crippen LogP contribution in [-0.2, 0) is 11.3 Å². The summed E-state index contributed by atoms with van der Waals surface area (Å²) in [6.45, 7) is 1.18. The number of halogens is 1. The molecule has 1 saturated heterocycles. The Morgan fingerprint density at radius 2 is 2.12 bits per heavy atom. The van der Waals surface area contributed by atoms with Crippen LogP contribution in [-0.4, -0.2) is 26.1 Å². The Morgan fingerprint density at radius 1 is 1.29 bits per heavy atom. The summed E-state index contributed by atoms with van der Waals surface area (Å²) in [6, 6.07) is 7.45. The fourth-order valence-corrected chi connectivity index (χ4v) is 2.83. The summed E-state index contributed by atoms with van der Waals surface area (Å²) in [4.78, 5) is 12.1. The van der Waals surface area contributed by atoms with E-state index in [0.717, 1.165) is 18.4 Å². The van der Waals surface area contributed by atoms with Gasteiger partial charge in [0.05, 0.1) is 6.33 Å². The minimum atomic E-state index is -0.790. The molecule has 8 heteroatoms. The predicted molar refractivity (Wildman–Crippen MR) is 87.7 cm³/mol. The third-order valence-electron chi connectivity index (χ3n) is 4.05. The second-order valence-electron chi connectivity index (χ2n) is 5.73. The Morgan fingerprint density at radius 3 is 2.88 bits per heavy atom. The SMILES string of the molecule is Nc1ccc(CNc2nc(F)nc3c2ncn3C2CCCO2)cc1. The number of anilines is 2. The fourth-order valence-electron chi connectivity index (χ4n) is 2.83. The Balaban J connectivity index is 1.63. The van der Waals surface area contributed by atoms with Crippen LogP contribution in [0.2, 0.25) is 0 Å². The molecule has 3 N–H and O–H groups in total. The van der Waals surface area contributed by atoms with Gasteiger partial charge in [0.15, 0.2) is 17.0 Å². The molecule has 1 unspecified atom stereocenters. The minimum absolute atomic E-state index is 0.144. The van der Waals surface area contributed by atoms with Crippen LogP contribution < -0.4 is 11.1 Å². The van der Waals surface area contributed by atoms with Gasteiger partial charge in [0.25, 0.3) is 0 Å². The molecule has 0 radical (unpaired) electrons. The Kier molecular flexibility index (Phi) is 3.73. The molecule has 2 aromatic heterocycles. The van der Waals surface area contributed by atoms with Gasteiger partial charge in [-0.25, -0.2) is 4.98 Å². The molecule has 124 valence electrons. The van der Waals surface area contributed by atoms with E-state index in [2.05, 4.69) is 20.3 Å². The van der Waals surface area contributed by atoms with E-state index < -0.39 is 6.08 Å². The molecule has 0 amide bonds. The van der Waals surface area contributed by atoms with Gasteiger partial charge in [-0.2, -0.15) is 14.4 Å². The number of hydrogen-bond acceptors (Lipinski definition) is 6. The molecule has 1 atom stereocenters. The van der Waals surface area contributed by atoms with Crippen LogP contribution in [0, 0.1) is 6.08 Å². The van der Waals surface area contributed by atoms with Gasteiger partial charge in [-0.15, -0.1) is 0 Å². The summed E-state index contributed by atoms with van der Waals surface area (Å²) >= 11 is 0. The van der Waals surface area contributed by atoms with Crippen molar-refractivity contribution in [2.75, 3.05) is 17.7 Å². The fraction of sp³-hybridized carbons (Fsp3) is 0.312. The second kappa shape index (κ2) is 6.04. The van der Waals surface area contributed by atoms with Gasteiger partial charge in [-0.3, -0.25) is 4.57 Å². The third kappa shape index (κ3) is 2.76. The lowest BCUT2D eigenvalue weighted by Gasteiger charge is -2.12. The standard InChI is InChI=1S/C16H17FN6O/c17-16-21-14(19-8-10-3-5-11(18)6-4-10)13-15(22-16)23(9-20-13)12-2-1-7-24-12/h3-6,9,12H,1-2,7-8,18H2,(H,19,21,22). The lowest BCUT2D eigenvalue weighted by atomic mass is 10.2. The number of hydrogen-bond donors (Lipinski definition) is 2. The van der Waals surface area contributed by atoms with Crippen molar-refractivity contribution in [2.24, 2.45) is 0 Å². The normalized spacial score (nSPS) is 17.5. The molecule has 3 heterocycles. The number of nitrogen functional groups attached to an aromatic ring is 1. The van der Waals surface area contributed by atoms with E-state index in [1.54, 1.807) is 10.9 Å². The summed E-state index contributed by atoms with van der Waals surface area (Å²) in [7, 11) is 0. The Bertz CT molecular complexity index is 857. The molecule has 0 saturated carbocycles. The highest BCUT2D eigenvalue weighted by Crippen LogP contribution is 2.28. The van der Waals surface area contributed by atoms with Crippen molar-refractivity contribution in [3.63, 3.8) is 0 Å². The molecular weight excluding hydrogens is 311 g/mol. The van der Waals surface area contributed by atoms with Gasteiger partial charge < -0.3 is 15.8 Å². The molecule has 0 bridgehead atoms. The van der Waals surface area contributed by atoms with Crippen molar-refractivity contribution in [2.45, 2.75) is 25.6 Å². The number of nitrogens with one attached hydrogen (secondary N) is 1. The molecule has 1 aromatic carbocycles. The molecule has 1 aliphatic heterocycles. The number of benzene rings is 1. The van der Waals surface area contributed by atoms with Crippen LogP contribution in [0.5, 0.6) is 0 Å². The van der Waals surface area contributed by atoms with Crippen LogP contribution in [0.25, 0.3) is 11.2 Å². The number of rotatable bonds is 4. The van der Waals surface area contributed by atoms with Gasteiger partial charge in [0.2, 0.25) is 0 Å². The zero-order chi connectivity index (χ0) is 16.5. The number of ether oxygens (including phenoxy) is 1. The monoisotopic (exact) mass is 328 g/mol. The third-order valence-corrected chi connectivity index (χ3v) is 4.05. The second-order valence-corrected chi connectivity index (χ2v) is 5.73. The van der Waals surface area contributed by atoms with E-state index in [-0.39, 0.29) is 6.23 Å². The van der Waals surface area contributed by atoms with Crippen molar-refractivity contribution in [1.29, 1.82) is 0 Å². The first kappa shape index (κ1) is 14.8. The van der Waals surface area contributed by atoms with E-state index in [1.165, 1.54) is 0 Å². The number of nitrogens with two attached hydrogens (primary N) is 1. The van der Waals surface area contributed by atoms with Crippen molar-refractivity contribution < 1.29 is 9.13 Å². The predicted octanol–water partition coefficient (Wildman–Crippen LogP) is 2.47. The smallest absolute Gasteiger partial charge is 0.312 e. The molecule has 4 rings (SSSR count). The molecule has 0 aliphatic carbocycles. The van der Waals surface area contributed by atoms with Gasteiger partial charge >= 0.3 is 6.08 Å². The van der Waals surface area contributed by atoms with Crippen molar-refractivity contribution in [1.82, 2.24) is 19.5 Å². The molecular formula is C16H17FN6O. The van der Waals surface area contributed by atoms with Gasteiger partial charge in [0, 0.05) is 18.8 Å². The highest BCUT2D eigenvalue weighted by Gasteiger charge is 2.22. The number of fused-ring (bicyclic) bond motifs is 1. The number of imidazole rings is 1. The van der Waals surface area contributed by atoms with Crippen LogP contribution in [0.4, 0.5) is 15.9 Å². The molecule has 1 aliphatic rings. The zero-order valence-corrected chi connectivity index (χ0v) is 12.9. The first-order chi connectivity index (χ1) is 11.7. The maximum atomic E-state index is 13.9. The molecule has 3 aromatic rings. The Hall–Kier alpha value is -2.74. The quantitative estimate of drug-likeness (QED) is 0.565. The van der Waals surface area contributed by atoms with Crippen LogP contribution in [0.3, 0.4) is 0 Å². The average molecular weight is 328 g/mol. The van der Waals surface area contributed by atoms with Gasteiger partial charge in [0.1, 0.15) is 6.23 Å². The highest BCUT2D eigenvalue weighted by molar-refractivity contribution is 5.82. The van der Waals surface area contributed by atoms with Gasteiger partial charge in [-0.05, 0) is 30.5 Å². The van der Waals surface area contributed by atoms with Crippen molar-refractivity contribution in [3.05, 3.63) is 42.2 Å². The first-order valence-electron chi connectivity index (χ1n) is 7.80. The molecule has 7 nitrogen and oxygen atoms in total. The summed E-state index contributed by atoms with van der Waals surface area (Å²) in [5.74, 6) is 0.367. The minimum Gasteiger partial charge on any atom is -0.399 e. The van der Waals surface area contributed by atoms with Crippen molar-refractivity contribution in [3.8, 4) is 0 Å². The Labute approximate surface area is 137 Å². The average Bonchev–Trinajstić information content (AvgIpc) is 3.22. The molecule has 24 heavy (non-hydrogen) atoms. The van der Waals surface area contributed by atoms with E-state index in [0.29, 0.717) is 35.8 Å². The first-order valence-corrected chi connectivity index (χ1v) is 7.80. The van der Waals surface area contributed by atoms with Crippen molar-refractivity contribution >= 4 is 22.7 Å². The lowest BCUT2D eigenvalue weighted by molar-refractivity contribution is 0.0592. The summed E-state index contributed by atoms with van der Waals surface area (Å²) in [5.41, 5.74) is 8.35. The van der Waals surface area contributed by atoms with E-state index in [1.807, 2.05) is 24.3 Å². The van der Waals surface area contributed by atoms with Gasteiger partial charge in [-0.1, -0.05) is 12.1 Å². The molecule has 0 spiro atoms. The van der Waals surface area contributed by atoms with Crippen LogP contribution in [0.15, 0.2) is 30.6 Å². The topological polar surface area (TPSA) is 90.9 Å². The van der Waals surface area contributed by atoms with E-state index >= 15 is 0 Å². The number of aromatic nitrogens is 4. The highest BCUT2D eigenvalue weighted by atomic mass is 19.1. The van der Waals surface area contributed by atoms with Crippen LogP contribution in [0.1, 0.15) is 24.6 Å². The largest absolute Gasteiger partial charge is 0.399 e. The van der Waals surface area contributed by atoms with E-state index in [4.69, 9.17) is 10.5 Å². The van der Waals surface area contributed by atoms with E-state index in [9.17, 15) is 4.39 Å². The lowest BCUT2D eigenvalue weighted by Crippen LogP contribution is -2.09.